The lowest BCUT2D eigenvalue weighted by Crippen LogP contribution is -2.28. The van der Waals surface area contributed by atoms with Crippen molar-refractivity contribution in [2.75, 3.05) is 6.61 Å². The van der Waals surface area contributed by atoms with E-state index in [4.69, 9.17) is 4.74 Å². The highest BCUT2D eigenvalue weighted by atomic mass is 19.2. The molecule has 0 amide bonds. The molecule has 1 unspecified atom stereocenters. The highest BCUT2D eigenvalue weighted by Crippen LogP contribution is 2.18. The summed E-state index contributed by atoms with van der Waals surface area (Å²) >= 11 is 0. The van der Waals surface area contributed by atoms with Crippen LogP contribution in [-0.4, -0.2) is 18.4 Å². The predicted molar refractivity (Wildman–Crippen MR) is 65.4 cm³/mol. The molecule has 0 aliphatic carbocycles. The number of halogens is 3. The molecule has 1 aromatic carbocycles. The van der Waals surface area contributed by atoms with Crippen LogP contribution in [0.4, 0.5) is 13.2 Å². The molecule has 1 atom stereocenters. The van der Waals surface area contributed by atoms with E-state index in [9.17, 15) is 22.8 Å². The maximum absolute atomic E-state index is 13.1. The summed E-state index contributed by atoms with van der Waals surface area (Å²) in [6.45, 7) is 3.25. The first-order valence-corrected chi connectivity index (χ1v) is 6.23. The van der Waals surface area contributed by atoms with Gasteiger partial charge in [-0.1, -0.05) is 6.92 Å². The molecule has 0 heterocycles. The first-order chi connectivity index (χ1) is 9.40. The molecule has 1 rings (SSSR count). The minimum atomic E-state index is -1.58. The first kappa shape index (κ1) is 16.2. The first-order valence-electron chi connectivity index (χ1n) is 6.23. The summed E-state index contributed by atoms with van der Waals surface area (Å²) in [5.41, 5.74) is 0.0289. The van der Waals surface area contributed by atoms with Crippen LogP contribution in [-0.2, 0) is 20.7 Å². The topological polar surface area (TPSA) is 43.4 Å². The van der Waals surface area contributed by atoms with E-state index < -0.39 is 35.1 Å². The SMILES string of the molecule is CCOC(=O)C(Cc1cc(F)c(F)c(F)c1)C(=O)CC. The second-order valence-corrected chi connectivity index (χ2v) is 4.20. The summed E-state index contributed by atoms with van der Waals surface area (Å²) in [5.74, 6) is -6.57. The fourth-order valence-corrected chi connectivity index (χ4v) is 1.78. The van der Waals surface area contributed by atoms with Crippen molar-refractivity contribution in [1.29, 1.82) is 0 Å². The van der Waals surface area contributed by atoms with Crippen molar-refractivity contribution in [3.8, 4) is 0 Å². The number of hydrogen-bond acceptors (Lipinski definition) is 3. The molecule has 0 aliphatic heterocycles. The number of rotatable bonds is 6. The van der Waals surface area contributed by atoms with E-state index in [1.807, 2.05) is 0 Å². The smallest absolute Gasteiger partial charge is 0.316 e. The maximum Gasteiger partial charge on any atom is 0.316 e. The van der Waals surface area contributed by atoms with Gasteiger partial charge in [-0.05, 0) is 31.0 Å². The van der Waals surface area contributed by atoms with Gasteiger partial charge in [0.15, 0.2) is 17.5 Å². The molecule has 0 saturated carbocycles. The number of carbonyl (C=O) groups is 2. The van der Waals surface area contributed by atoms with Gasteiger partial charge in [-0.2, -0.15) is 0 Å². The van der Waals surface area contributed by atoms with Crippen molar-refractivity contribution < 1.29 is 27.5 Å². The van der Waals surface area contributed by atoms with Gasteiger partial charge in [-0.25, -0.2) is 13.2 Å². The van der Waals surface area contributed by atoms with E-state index in [0.29, 0.717) is 0 Å². The normalized spacial score (nSPS) is 12.1. The summed E-state index contributed by atoms with van der Waals surface area (Å²) in [6, 6.07) is 1.54. The van der Waals surface area contributed by atoms with Gasteiger partial charge in [0.05, 0.1) is 6.61 Å². The molecular formula is C14H15F3O3. The Hall–Kier alpha value is -1.85. The number of carbonyl (C=O) groups excluding carboxylic acids is 2. The molecule has 0 fully saturated rings. The highest BCUT2D eigenvalue weighted by molar-refractivity contribution is 5.99. The molecule has 0 saturated heterocycles. The summed E-state index contributed by atoms with van der Waals surface area (Å²) in [4.78, 5) is 23.4. The van der Waals surface area contributed by atoms with Crippen LogP contribution in [0, 0.1) is 23.4 Å². The molecule has 6 heteroatoms. The third kappa shape index (κ3) is 3.82. The van der Waals surface area contributed by atoms with Crippen LogP contribution in [0.2, 0.25) is 0 Å². The van der Waals surface area contributed by atoms with Crippen LogP contribution < -0.4 is 0 Å². The van der Waals surface area contributed by atoms with E-state index in [1.54, 1.807) is 13.8 Å². The van der Waals surface area contributed by atoms with E-state index in [2.05, 4.69) is 0 Å². The fourth-order valence-electron chi connectivity index (χ4n) is 1.78. The van der Waals surface area contributed by atoms with Crippen molar-refractivity contribution in [3.63, 3.8) is 0 Å². The average Bonchev–Trinajstić information content (AvgIpc) is 2.41. The molecule has 110 valence electrons. The summed E-state index contributed by atoms with van der Waals surface area (Å²) in [6.07, 6.45) is -0.130. The Kier molecular flexibility index (Phi) is 5.73. The summed E-state index contributed by atoms with van der Waals surface area (Å²) in [5, 5.41) is 0. The maximum atomic E-state index is 13.1. The van der Waals surface area contributed by atoms with Gasteiger partial charge in [0.2, 0.25) is 0 Å². The van der Waals surface area contributed by atoms with Crippen LogP contribution >= 0.6 is 0 Å². The lowest BCUT2D eigenvalue weighted by molar-refractivity contribution is -0.151. The van der Waals surface area contributed by atoms with Gasteiger partial charge in [0.1, 0.15) is 11.7 Å². The molecule has 0 spiro atoms. The van der Waals surface area contributed by atoms with Gasteiger partial charge < -0.3 is 4.74 Å². The highest BCUT2D eigenvalue weighted by Gasteiger charge is 2.27. The quantitative estimate of drug-likeness (QED) is 0.459. The van der Waals surface area contributed by atoms with E-state index in [0.717, 1.165) is 12.1 Å². The molecule has 1 aromatic rings. The monoisotopic (exact) mass is 288 g/mol. The van der Waals surface area contributed by atoms with Gasteiger partial charge in [-0.15, -0.1) is 0 Å². The zero-order valence-electron chi connectivity index (χ0n) is 11.2. The molecule has 0 aliphatic rings. The Morgan fingerprint density at radius 3 is 2.15 bits per heavy atom. The molecule has 0 N–H and O–H groups in total. The molecule has 0 aromatic heterocycles. The lowest BCUT2D eigenvalue weighted by Gasteiger charge is -2.14. The Morgan fingerprint density at radius 1 is 1.15 bits per heavy atom. The second kappa shape index (κ2) is 7.07. The number of esters is 1. The Balaban J connectivity index is 3.01. The van der Waals surface area contributed by atoms with Gasteiger partial charge in [0, 0.05) is 6.42 Å². The van der Waals surface area contributed by atoms with Crippen LogP contribution in [0.3, 0.4) is 0 Å². The lowest BCUT2D eigenvalue weighted by atomic mass is 9.94. The van der Waals surface area contributed by atoms with Crippen molar-refractivity contribution in [2.24, 2.45) is 5.92 Å². The van der Waals surface area contributed by atoms with Crippen molar-refractivity contribution >= 4 is 11.8 Å². The fraction of sp³-hybridized carbons (Fsp3) is 0.429. The summed E-state index contributed by atoms with van der Waals surface area (Å²) in [7, 11) is 0. The third-order valence-corrected chi connectivity index (χ3v) is 2.79. The van der Waals surface area contributed by atoms with E-state index in [1.165, 1.54) is 0 Å². The number of benzene rings is 1. The standard InChI is InChI=1S/C14H15F3O3/c1-3-12(18)9(14(19)20-4-2)5-8-6-10(15)13(17)11(16)7-8/h6-7,9H,3-5H2,1-2H3. The van der Waals surface area contributed by atoms with Crippen LogP contribution in [0.15, 0.2) is 12.1 Å². The number of hydrogen-bond donors (Lipinski definition) is 0. The van der Waals surface area contributed by atoms with E-state index in [-0.39, 0.29) is 25.0 Å². The van der Waals surface area contributed by atoms with Gasteiger partial charge in [-0.3, -0.25) is 9.59 Å². The van der Waals surface area contributed by atoms with Crippen LogP contribution in [0.25, 0.3) is 0 Å². The summed E-state index contributed by atoms with van der Waals surface area (Å²) < 4.78 is 43.8. The van der Waals surface area contributed by atoms with E-state index >= 15 is 0 Å². The minimum absolute atomic E-state index is 0.0289. The molecule has 20 heavy (non-hydrogen) atoms. The molecular weight excluding hydrogens is 273 g/mol. The molecule has 3 nitrogen and oxygen atoms in total. The average molecular weight is 288 g/mol. The van der Waals surface area contributed by atoms with Crippen LogP contribution in [0.5, 0.6) is 0 Å². The van der Waals surface area contributed by atoms with Crippen LogP contribution in [0.1, 0.15) is 25.8 Å². The Morgan fingerprint density at radius 2 is 1.70 bits per heavy atom. The van der Waals surface area contributed by atoms with Crippen molar-refractivity contribution in [2.45, 2.75) is 26.7 Å². The van der Waals surface area contributed by atoms with Crippen molar-refractivity contribution in [3.05, 3.63) is 35.1 Å². The third-order valence-electron chi connectivity index (χ3n) is 2.79. The predicted octanol–water partition coefficient (Wildman–Crippen LogP) is 2.80. The van der Waals surface area contributed by atoms with Gasteiger partial charge >= 0.3 is 5.97 Å². The van der Waals surface area contributed by atoms with Gasteiger partial charge in [0.25, 0.3) is 0 Å². The van der Waals surface area contributed by atoms with Crippen molar-refractivity contribution in [1.82, 2.24) is 0 Å². The zero-order chi connectivity index (χ0) is 15.3. The largest absolute Gasteiger partial charge is 0.465 e. The Labute approximate surface area is 114 Å². The minimum Gasteiger partial charge on any atom is -0.465 e. The molecule has 0 bridgehead atoms. The second-order valence-electron chi connectivity index (χ2n) is 4.20. The zero-order valence-corrected chi connectivity index (χ0v) is 11.2. The number of ether oxygens (including phenoxy) is 1. The number of ketones is 1. The number of Topliss-reactive ketones (excluding diaryl/α,β-unsaturated/α-hetero) is 1. The Bertz CT molecular complexity index is 491. The molecule has 0 radical (unpaired) electrons.